The summed E-state index contributed by atoms with van der Waals surface area (Å²) in [5, 5.41) is 2.85. The van der Waals surface area contributed by atoms with Gasteiger partial charge in [-0.15, -0.1) is 0 Å². The molecular weight excluding hydrogens is 370 g/mol. The van der Waals surface area contributed by atoms with Crippen molar-refractivity contribution in [3.05, 3.63) is 41.2 Å². The molecule has 1 aromatic heterocycles. The Morgan fingerprint density at radius 1 is 1.03 bits per heavy atom. The third-order valence-corrected chi connectivity index (χ3v) is 4.73. The summed E-state index contributed by atoms with van der Waals surface area (Å²) >= 11 is 0. The van der Waals surface area contributed by atoms with Crippen LogP contribution in [0.4, 0.5) is 5.69 Å². The average Bonchev–Trinajstić information content (AvgIpc) is 2.91. The predicted octanol–water partition coefficient (Wildman–Crippen LogP) is 3.19. The Balaban J connectivity index is 1.96. The van der Waals surface area contributed by atoms with Crippen molar-refractivity contribution in [3.63, 3.8) is 0 Å². The Bertz CT molecular complexity index is 873. The van der Waals surface area contributed by atoms with Gasteiger partial charge in [0.25, 0.3) is 0 Å². The number of aromatic nitrogens is 1. The molecular formula is C22H31N3O4. The molecule has 1 N–H and O–H groups in total. The normalized spacial score (nSPS) is 10.9. The lowest BCUT2D eigenvalue weighted by molar-refractivity contribution is -0.116. The quantitative estimate of drug-likeness (QED) is 0.619. The molecule has 7 nitrogen and oxygen atoms in total. The van der Waals surface area contributed by atoms with Gasteiger partial charge in [0.2, 0.25) is 5.91 Å². The van der Waals surface area contributed by atoms with Crippen LogP contribution in [0.3, 0.4) is 0 Å². The molecule has 29 heavy (non-hydrogen) atoms. The van der Waals surface area contributed by atoms with Crippen LogP contribution in [0.25, 0.3) is 0 Å². The van der Waals surface area contributed by atoms with Gasteiger partial charge in [0, 0.05) is 35.8 Å². The summed E-state index contributed by atoms with van der Waals surface area (Å²) in [6, 6.07) is 7.18. The average molecular weight is 402 g/mol. The predicted molar refractivity (Wildman–Crippen MR) is 114 cm³/mol. The first kappa shape index (κ1) is 22.5. The lowest BCUT2D eigenvalue weighted by atomic mass is 10.1. The van der Waals surface area contributed by atoms with E-state index in [0.29, 0.717) is 36.0 Å². The summed E-state index contributed by atoms with van der Waals surface area (Å²) in [7, 11) is 3.69. The number of rotatable bonds is 10. The molecule has 0 saturated carbocycles. The molecule has 0 radical (unpaired) electrons. The van der Waals surface area contributed by atoms with E-state index >= 15 is 0 Å². The van der Waals surface area contributed by atoms with Gasteiger partial charge in [0.1, 0.15) is 0 Å². The maximum atomic E-state index is 12.6. The highest BCUT2D eigenvalue weighted by molar-refractivity contribution is 5.99. The number of likely N-dealkylation sites (N-methyl/N-ethyl adjacent to an activating group) is 1. The second kappa shape index (κ2) is 10.1. The van der Waals surface area contributed by atoms with E-state index < -0.39 is 0 Å². The Labute approximate surface area is 172 Å². The molecule has 7 heteroatoms. The van der Waals surface area contributed by atoms with Crippen molar-refractivity contribution in [1.82, 2.24) is 9.47 Å². The van der Waals surface area contributed by atoms with Crippen LogP contribution in [-0.2, 0) is 11.8 Å². The Hall–Kier alpha value is -2.80. The molecule has 0 bridgehead atoms. The number of carbonyl (C=O) groups is 2. The maximum absolute atomic E-state index is 12.6. The number of aryl methyl sites for hydroxylation is 1. The van der Waals surface area contributed by atoms with E-state index in [0.717, 1.165) is 11.4 Å². The molecule has 0 aliphatic carbocycles. The van der Waals surface area contributed by atoms with Crippen molar-refractivity contribution in [2.75, 3.05) is 38.7 Å². The zero-order chi connectivity index (χ0) is 21.6. The van der Waals surface area contributed by atoms with Crippen LogP contribution in [0.15, 0.2) is 24.3 Å². The van der Waals surface area contributed by atoms with Crippen molar-refractivity contribution < 1.29 is 19.1 Å². The fraction of sp³-hybridized carbons (Fsp3) is 0.455. The topological polar surface area (TPSA) is 72.8 Å². The summed E-state index contributed by atoms with van der Waals surface area (Å²) in [6.45, 7) is 9.00. The highest BCUT2D eigenvalue weighted by Gasteiger charge is 2.17. The van der Waals surface area contributed by atoms with Gasteiger partial charge in [-0.1, -0.05) is 0 Å². The third kappa shape index (κ3) is 5.84. The molecule has 1 aromatic carbocycles. The fourth-order valence-corrected chi connectivity index (χ4v) is 3.10. The van der Waals surface area contributed by atoms with E-state index in [-0.39, 0.29) is 24.8 Å². The van der Waals surface area contributed by atoms with Crippen molar-refractivity contribution in [1.29, 1.82) is 0 Å². The molecule has 0 aliphatic heterocycles. The molecule has 0 fully saturated rings. The number of ether oxygens (including phenoxy) is 2. The minimum absolute atomic E-state index is 0.00111. The number of nitrogens with zero attached hydrogens (tertiary/aromatic N) is 2. The summed E-state index contributed by atoms with van der Waals surface area (Å²) in [5.74, 6) is 1.03. The maximum Gasteiger partial charge on any atom is 0.238 e. The first-order valence-electron chi connectivity index (χ1n) is 9.80. The molecule has 0 spiro atoms. The van der Waals surface area contributed by atoms with E-state index in [2.05, 4.69) is 5.32 Å². The van der Waals surface area contributed by atoms with Gasteiger partial charge in [0.15, 0.2) is 17.3 Å². The zero-order valence-corrected chi connectivity index (χ0v) is 18.2. The van der Waals surface area contributed by atoms with Crippen molar-refractivity contribution in [3.8, 4) is 11.5 Å². The van der Waals surface area contributed by atoms with E-state index in [4.69, 9.17) is 9.47 Å². The van der Waals surface area contributed by atoms with E-state index in [1.807, 2.05) is 45.4 Å². The number of nitrogens with one attached hydrogen (secondary N) is 1. The lowest BCUT2D eigenvalue weighted by Crippen LogP contribution is -2.34. The Kier molecular flexibility index (Phi) is 7.84. The molecule has 2 rings (SSSR count). The van der Waals surface area contributed by atoms with Crippen LogP contribution in [0.1, 0.15) is 35.6 Å². The fourth-order valence-electron chi connectivity index (χ4n) is 3.10. The summed E-state index contributed by atoms with van der Waals surface area (Å²) in [6.07, 6.45) is 0. The molecule has 1 heterocycles. The number of anilines is 1. The molecule has 158 valence electrons. The molecule has 1 amide bonds. The van der Waals surface area contributed by atoms with Crippen molar-refractivity contribution in [2.24, 2.45) is 7.05 Å². The monoisotopic (exact) mass is 401 g/mol. The number of hydrogen-bond acceptors (Lipinski definition) is 5. The third-order valence-electron chi connectivity index (χ3n) is 4.73. The Morgan fingerprint density at radius 2 is 1.69 bits per heavy atom. The number of benzene rings is 1. The minimum Gasteiger partial charge on any atom is -0.490 e. The van der Waals surface area contributed by atoms with Crippen LogP contribution in [0.2, 0.25) is 0 Å². The van der Waals surface area contributed by atoms with Crippen LogP contribution in [0.5, 0.6) is 11.5 Å². The number of amides is 1. The van der Waals surface area contributed by atoms with E-state index in [1.165, 1.54) is 0 Å². The van der Waals surface area contributed by atoms with E-state index in [9.17, 15) is 9.59 Å². The summed E-state index contributed by atoms with van der Waals surface area (Å²) < 4.78 is 13.1. The zero-order valence-electron chi connectivity index (χ0n) is 18.2. The highest BCUT2D eigenvalue weighted by Crippen LogP contribution is 2.30. The number of ketones is 1. The van der Waals surface area contributed by atoms with Gasteiger partial charge >= 0.3 is 0 Å². The first-order chi connectivity index (χ1) is 13.8. The molecule has 2 aromatic rings. The number of Topliss-reactive ketones (excluding diaryl/α,β-unsaturated/α-hetero) is 1. The second-order valence-corrected chi connectivity index (χ2v) is 7.02. The molecule has 0 saturated heterocycles. The van der Waals surface area contributed by atoms with Gasteiger partial charge in [0.05, 0.1) is 26.3 Å². The minimum atomic E-state index is -0.201. The van der Waals surface area contributed by atoms with Crippen LogP contribution >= 0.6 is 0 Å². The van der Waals surface area contributed by atoms with E-state index in [1.54, 1.807) is 30.1 Å². The summed E-state index contributed by atoms with van der Waals surface area (Å²) in [5.41, 5.74) is 3.29. The van der Waals surface area contributed by atoms with Crippen LogP contribution < -0.4 is 14.8 Å². The number of carbonyl (C=O) groups excluding carboxylic acids is 2. The van der Waals surface area contributed by atoms with Crippen molar-refractivity contribution in [2.45, 2.75) is 27.7 Å². The molecule has 0 aliphatic rings. The number of hydrogen-bond donors (Lipinski definition) is 1. The van der Waals surface area contributed by atoms with Gasteiger partial charge in [-0.05, 0) is 52.9 Å². The van der Waals surface area contributed by atoms with Gasteiger partial charge in [-0.25, -0.2) is 0 Å². The van der Waals surface area contributed by atoms with Crippen LogP contribution in [0, 0.1) is 13.8 Å². The SMILES string of the molecule is CCOc1ccc(NC(=O)CN(C)CC(=O)c2cc(C)n(C)c2C)cc1OCC. The van der Waals surface area contributed by atoms with Gasteiger partial charge < -0.3 is 19.4 Å². The lowest BCUT2D eigenvalue weighted by Gasteiger charge is -2.16. The van der Waals surface area contributed by atoms with Crippen LogP contribution in [-0.4, -0.2) is 54.5 Å². The second-order valence-electron chi connectivity index (χ2n) is 7.02. The highest BCUT2D eigenvalue weighted by atomic mass is 16.5. The standard InChI is InChI=1S/C22H31N3O4/c1-7-28-20-10-9-17(12-21(20)29-8-2)23-22(27)14-24(5)13-19(26)18-11-15(3)25(6)16(18)4/h9-12H,7-8,13-14H2,1-6H3,(H,23,27). The summed E-state index contributed by atoms with van der Waals surface area (Å²) in [4.78, 5) is 26.7. The largest absolute Gasteiger partial charge is 0.490 e. The smallest absolute Gasteiger partial charge is 0.238 e. The Morgan fingerprint density at radius 3 is 2.28 bits per heavy atom. The molecule has 0 unspecified atom stereocenters. The van der Waals surface area contributed by atoms with Gasteiger partial charge in [-0.3, -0.25) is 14.5 Å². The van der Waals surface area contributed by atoms with Crippen molar-refractivity contribution >= 4 is 17.4 Å². The first-order valence-corrected chi connectivity index (χ1v) is 9.80. The molecule has 0 atom stereocenters. The van der Waals surface area contributed by atoms with Gasteiger partial charge in [-0.2, -0.15) is 0 Å².